The van der Waals surface area contributed by atoms with E-state index in [0.29, 0.717) is 0 Å². The van der Waals surface area contributed by atoms with Gasteiger partial charge in [-0.2, -0.15) is 0 Å². The van der Waals surface area contributed by atoms with E-state index >= 15 is 0 Å². The van der Waals surface area contributed by atoms with Crippen LogP contribution in [0.1, 0.15) is 0 Å². The number of aromatic nitrogens is 4. The van der Waals surface area contributed by atoms with Crippen molar-refractivity contribution in [1.29, 1.82) is 0 Å². The van der Waals surface area contributed by atoms with Crippen molar-refractivity contribution >= 4 is 17.1 Å². The maximum absolute atomic E-state index is 5.79. The fourth-order valence-electron chi connectivity index (χ4n) is 1.76. The smallest absolute Gasteiger partial charge is 0.241 e. The number of fused-ring (bicyclic) bond motifs is 1. The van der Waals surface area contributed by atoms with Gasteiger partial charge < -0.3 is 4.57 Å². The van der Waals surface area contributed by atoms with Crippen LogP contribution >= 0.6 is 11.6 Å². The van der Waals surface area contributed by atoms with Gasteiger partial charge in [0.25, 0.3) is 0 Å². The summed E-state index contributed by atoms with van der Waals surface area (Å²) in [6, 6.07) is 6.02. The molecule has 3 rings (SSSR count). The second-order valence-corrected chi connectivity index (χ2v) is 3.99. The number of halogens is 1. The Kier molecular flexibility index (Phi) is 1.97. The molecule has 5 heteroatoms. The van der Waals surface area contributed by atoms with Crippen molar-refractivity contribution in [3.8, 4) is 11.3 Å². The Morgan fingerprint density at radius 3 is 2.88 bits per heavy atom. The van der Waals surface area contributed by atoms with Gasteiger partial charge in [-0.3, -0.25) is 0 Å². The lowest BCUT2D eigenvalue weighted by Crippen LogP contribution is -1.95. The Morgan fingerprint density at radius 2 is 2.12 bits per heavy atom. The van der Waals surface area contributed by atoms with Crippen molar-refractivity contribution in [3.63, 3.8) is 0 Å². The summed E-state index contributed by atoms with van der Waals surface area (Å²) in [6.45, 7) is 0. The van der Waals surface area contributed by atoms with Gasteiger partial charge in [0.15, 0.2) is 0 Å². The molecule has 0 N–H and O–H groups in total. The summed E-state index contributed by atoms with van der Waals surface area (Å²) in [6.07, 6.45) is 5.75. The minimum atomic E-state index is 0.251. The van der Waals surface area contributed by atoms with Gasteiger partial charge in [0.05, 0.1) is 17.4 Å². The predicted octanol–water partition coefficient (Wildman–Crippen LogP) is 2.39. The van der Waals surface area contributed by atoms with Crippen LogP contribution in [0.2, 0.25) is 5.28 Å². The lowest BCUT2D eigenvalue weighted by molar-refractivity contribution is 0.905. The van der Waals surface area contributed by atoms with Crippen LogP contribution in [0.25, 0.3) is 16.8 Å². The molecular formula is C11H9ClN4. The van der Waals surface area contributed by atoms with Crippen molar-refractivity contribution in [3.05, 3.63) is 42.1 Å². The molecule has 0 atom stereocenters. The standard InChI is InChI=1S/C11H9ClN4/c1-15-5-4-8(7-15)10-3-2-9-6-13-11(12)14-16(9)10/h2-7H,1H3. The molecule has 4 nitrogen and oxygen atoms in total. The second kappa shape index (κ2) is 3.35. The fourth-order valence-corrected chi connectivity index (χ4v) is 1.88. The average Bonchev–Trinajstić information content (AvgIpc) is 2.83. The van der Waals surface area contributed by atoms with Gasteiger partial charge in [-0.25, -0.2) is 9.50 Å². The van der Waals surface area contributed by atoms with Crippen LogP contribution < -0.4 is 0 Å². The van der Waals surface area contributed by atoms with E-state index in [-0.39, 0.29) is 5.28 Å². The van der Waals surface area contributed by atoms with Crippen molar-refractivity contribution in [2.45, 2.75) is 0 Å². The molecule has 0 aliphatic rings. The molecule has 0 bridgehead atoms. The summed E-state index contributed by atoms with van der Waals surface area (Å²) < 4.78 is 3.79. The molecule has 0 aliphatic heterocycles. The molecule has 3 aromatic rings. The predicted molar refractivity (Wildman–Crippen MR) is 62.4 cm³/mol. The highest BCUT2D eigenvalue weighted by molar-refractivity contribution is 6.28. The molecule has 0 saturated heterocycles. The Morgan fingerprint density at radius 1 is 1.25 bits per heavy atom. The molecule has 0 unspecified atom stereocenters. The molecule has 0 aliphatic carbocycles. The first-order valence-corrected chi connectivity index (χ1v) is 5.24. The normalized spacial score (nSPS) is 11.1. The van der Waals surface area contributed by atoms with E-state index < -0.39 is 0 Å². The molecule has 80 valence electrons. The molecule has 3 heterocycles. The van der Waals surface area contributed by atoms with Crippen molar-refractivity contribution < 1.29 is 0 Å². The van der Waals surface area contributed by atoms with Crippen LogP contribution in [0.4, 0.5) is 0 Å². The maximum atomic E-state index is 5.79. The van der Waals surface area contributed by atoms with Crippen LogP contribution in [-0.4, -0.2) is 19.2 Å². The van der Waals surface area contributed by atoms with E-state index in [2.05, 4.69) is 10.1 Å². The first-order valence-electron chi connectivity index (χ1n) is 4.87. The van der Waals surface area contributed by atoms with Gasteiger partial charge in [0.1, 0.15) is 0 Å². The van der Waals surface area contributed by atoms with E-state index in [0.717, 1.165) is 16.8 Å². The number of rotatable bonds is 1. The molecule has 0 fully saturated rings. The summed E-state index contributed by atoms with van der Waals surface area (Å²) in [7, 11) is 1.99. The van der Waals surface area contributed by atoms with Gasteiger partial charge in [0.2, 0.25) is 5.28 Å². The van der Waals surface area contributed by atoms with E-state index in [9.17, 15) is 0 Å². The quantitative estimate of drug-likeness (QED) is 0.646. The molecule has 0 radical (unpaired) electrons. The summed E-state index contributed by atoms with van der Waals surface area (Å²) in [5.74, 6) is 0. The van der Waals surface area contributed by atoms with Crippen molar-refractivity contribution in [2.24, 2.45) is 7.05 Å². The number of hydrogen-bond donors (Lipinski definition) is 0. The van der Waals surface area contributed by atoms with E-state index in [1.807, 2.05) is 42.2 Å². The number of hydrogen-bond acceptors (Lipinski definition) is 2. The van der Waals surface area contributed by atoms with Crippen LogP contribution in [0.3, 0.4) is 0 Å². The maximum Gasteiger partial charge on any atom is 0.241 e. The third kappa shape index (κ3) is 1.39. The minimum Gasteiger partial charge on any atom is -0.357 e. The fraction of sp³-hybridized carbons (Fsp3) is 0.0909. The van der Waals surface area contributed by atoms with E-state index in [1.165, 1.54) is 0 Å². The zero-order valence-corrected chi connectivity index (χ0v) is 9.39. The summed E-state index contributed by atoms with van der Waals surface area (Å²) in [5, 5.41) is 4.43. The molecular weight excluding hydrogens is 224 g/mol. The molecule has 3 aromatic heterocycles. The summed E-state index contributed by atoms with van der Waals surface area (Å²) >= 11 is 5.79. The summed E-state index contributed by atoms with van der Waals surface area (Å²) in [4.78, 5) is 3.95. The highest BCUT2D eigenvalue weighted by atomic mass is 35.5. The Bertz CT molecular complexity index is 653. The molecule has 16 heavy (non-hydrogen) atoms. The number of nitrogens with zero attached hydrogens (tertiary/aromatic N) is 4. The number of aryl methyl sites for hydroxylation is 1. The van der Waals surface area contributed by atoms with Gasteiger partial charge in [-0.05, 0) is 29.8 Å². The van der Waals surface area contributed by atoms with Gasteiger partial charge in [-0.15, -0.1) is 5.10 Å². The molecule has 0 aromatic carbocycles. The van der Waals surface area contributed by atoms with Crippen LogP contribution in [-0.2, 0) is 7.05 Å². The van der Waals surface area contributed by atoms with Gasteiger partial charge >= 0.3 is 0 Å². The zero-order valence-electron chi connectivity index (χ0n) is 8.63. The second-order valence-electron chi connectivity index (χ2n) is 3.65. The highest BCUT2D eigenvalue weighted by Gasteiger charge is 2.07. The largest absolute Gasteiger partial charge is 0.357 e. The monoisotopic (exact) mass is 232 g/mol. The first-order chi connectivity index (χ1) is 7.74. The van der Waals surface area contributed by atoms with Gasteiger partial charge in [-0.1, -0.05) is 0 Å². The minimum absolute atomic E-state index is 0.251. The summed E-state index contributed by atoms with van der Waals surface area (Å²) in [5.41, 5.74) is 3.06. The Hall–Kier alpha value is -1.81. The highest BCUT2D eigenvalue weighted by Crippen LogP contribution is 2.21. The van der Waals surface area contributed by atoms with Crippen LogP contribution in [0.5, 0.6) is 0 Å². The molecule has 0 amide bonds. The Labute approximate surface area is 97.1 Å². The molecule has 0 spiro atoms. The lowest BCUT2D eigenvalue weighted by Gasteiger charge is -1.99. The molecule has 0 saturated carbocycles. The van der Waals surface area contributed by atoms with Gasteiger partial charge in [0, 0.05) is 25.0 Å². The Balaban J connectivity index is 2.27. The third-order valence-corrected chi connectivity index (χ3v) is 2.67. The van der Waals surface area contributed by atoms with E-state index in [4.69, 9.17) is 11.6 Å². The average molecular weight is 233 g/mol. The SMILES string of the molecule is Cn1ccc(-c2ccc3cnc(Cl)nn23)c1. The van der Waals surface area contributed by atoms with Crippen molar-refractivity contribution in [1.82, 2.24) is 19.2 Å². The lowest BCUT2D eigenvalue weighted by atomic mass is 10.2. The third-order valence-electron chi connectivity index (χ3n) is 2.50. The van der Waals surface area contributed by atoms with Crippen LogP contribution in [0.15, 0.2) is 36.8 Å². The topological polar surface area (TPSA) is 35.1 Å². The van der Waals surface area contributed by atoms with Crippen molar-refractivity contribution in [2.75, 3.05) is 0 Å². The van der Waals surface area contributed by atoms with E-state index in [1.54, 1.807) is 10.7 Å². The zero-order chi connectivity index (χ0) is 11.1. The first kappa shape index (κ1) is 9.42. The van der Waals surface area contributed by atoms with Crippen LogP contribution in [0, 0.1) is 0 Å².